The molecule has 1 N–H and O–H groups in total. The predicted octanol–water partition coefficient (Wildman–Crippen LogP) is 4.27. The number of carbonyl (C=O) groups is 2. The predicted molar refractivity (Wildman–Crippen MR) is 184 cm³/mol. The van der Waals surface area contributed by atoms with Crippen LogP contribution in [0.15, 0.2) is 83.3 Å². The van der Waals surface area contributed by atoms with Crippen molar-refractivity contribution in [1.29, 1.82) is 0 Å². The molecule has 0 saturated carbocycles. The molecule has 0 radical (unpaired) electrons. The van der Waals surface area contributed by atoms with Gasteiger partial charge in [0, 0.05) is 72.0 Å². The van der Waals surface area contributed by atoms with Crippen molar-refractivity contribution >= 4 is 40.1 Å². The van der Waals surface area contributed by atoms with E-state index >= 15 is 0 Å². The molecule has 0 atom stereocenters. The van der Waals surface area contributed by atoms with Crippen LogP contribution in [0.2, 0.25) is 0 Å². The van der Waals surface area contributed by atoms with Gasteiger partial charge in [-0.1, -0.05) is 18.2 Å². The Bertz CT molecular complexity index is 1930. The van der Waals surface area contributed by atoms with Crippen LogP contribution in [0.25, 0.3) is 33.4 Å². The highest BCUT2D eigenvalue weighted by Gasteiger charge is 2.22. The van der Waals surface area contributed by atoms with E-state index in [1.807, 2.05) is 98.3 Å². The Labute approximate surface area is 279 Å². The summed E-state index contributed by atoms with van der Waals surface area (Å²) in [4.78, 5) is 27.5. The summed E-state index contributed by atoms with van der Waals surface area (Å²) in [6, 6.07) is 24.0. The Morgan fingerprint density at radius 2 is 1.68 bits per heavy atom. The summed E-state index contributed by atoms with van der Waals surface area (Å²) in [6.45, 7) is 1.22. The average molecular weight is 656 g/mol. The normalized spacial score (nSPS) is 11.1. The van der Waals surface area contributed by atoms with Gasteiger partial charge in [0.15, 0.2) is 0 Å². The lowest BCUT2D eigenvalue weighted by Crippen LogP contribution is -2.29. The molecule has 0 aromatic heterocycles. The third-order valence-corrected chi connectivity index (χ3v) is 8.02. The van der Waals surface area contributed by atoms with Gasteiger partial charge in [0.1, 0.15) is 37.8 Å². The van der Waals surface area contributed by atoms with Crippen molar-refractivity contribution < 1.29 is 28.6 Å². The number of nitrogens with one attached hydrogen (secondary N) is 1. The van der Waals surface area contributed by atoms with E-state index in [0.717, 1.165) is 39.7 Å². The summed E-state index contributed by atoms with van der Waals surface area (Å²) >= 11 is 5.78. The van der Waals surface area contributed by atoms with Crippen molar-refractivity contribution in [2.45, 2.75) is 6.42 Å². The van der Waals surface area contributed by atoms with E-state index in [4.69, 9.17) is 25.5 Å². The van der Waals surface area contributed by atoms with Gasteiger partial charge in [0.05, 0.1) is 25.2 Å². The second-order valence-electron chi connectivity index (χ2n) is 11.5. The van der Waals surface area contributed by atoms with Crippen LogP contribution in [0.4, 0.5) is 5.69 Å². The summed E-state index contributed by atoms with van der Waals surface area (Å²) in [5.74, 6) is 0.119. The summed E-state index contributed by atoms with van der Waals surface area (Å²) in [7, 11) is 7.77. The summed E-state index contributed by atoms with van der Waals surface area (Å²) in [6.07, 6.45) is 0.809. The number of ether oxygens (including phenoxy) is 2. The molecule has 0 fully saturated rings. The van der Waals surface area contributed by atoms with E-state index in [0.29, 0.717) is 41.6 Å². The number of amides is 1. The molecule has 0 unspecified atom stereocenters. The van der Waals surface area contributed by atoms with Gasteiger partial charge < -0.3 is 34.0 Å². The molecule has 1 amide bonds. The smallest absolute Gasteiger partial charge is 0.251 e. The lowest BCUT2D eigenvalue weighted by atomic mass is 9.89. The number of benzene rings is 4. The Morgan fingerprint density at radius 3 is 2.38 bits per heavy atom. The minimum absolute atomic E-state index is 0.0936. The van der Waals surface area contributed by atoms with E-state index in [2.05, 4.69) is 5.32 Å². The fraction of sp³-hybridized carbons (Fsp3) is 0.270. The van der Waals surface area contributed by atoms with Crippen LogP contribution in [-0.4, -0.2) is 72.3 Å². The molecule has 2 aliphatic rings. The van der Waals surface area contributed by atoms with Crippen LogP contribution in [0.3, 0.4) is 0 Å². The highest BCUT2D eigenvalue weighted by Crippen LogP contribution is 2.42. The fourth-order valence-corrected chi connectivity index (χ4v) is 5.53. The van der Waals surface area contributed by atoms with Crippen molar-refractivity contribution in [2.75, 3.05) is 65.3 Å². The Hall–Kier alpha value is -4.86. The van der Waals surface area contributed by atoms with Gasteiger partial charge in [0.25, 0.3) is 5.91 Å². The molecule has 10 heteroatoms. The number of alkyl halides is 1. The third kappa shape index (κ3) is 7.93. The van der Waals surface area contributed by atoms with E-state index in [1.165, 1.54) is 6.07 Å². The number of aromatic carboxylic acids is 1. The van der Waals surface area contributed by atoms with Crippen molar-refractivity contribution in [3.8, 4) is 28.2 Å². The van der Waals surface area contributed by atoms with E-state index < -0.39 is 11.9 Å². The van der Waals surface area contributed by atoms with Crippen LogP contribution >= 0.6 is 11.6 Å². The molecule has 1 aliphatic carbocycles. The molecule has 47 heavy (non-hydrogen) atoms. The number of hydrogen-bond donors (Lipinski definition) is 1. The van der Waals surface area contributed by atoms with E-state index in [1.54, 1.807) is 12.1 Å². The first-order valence-corrected chi connectivity index (χ1v) is 15.9. The molecule has 3 aromatic carbocycles. The van der Waals surface area contributed by atoms with Crippen LogP contribution in [0, 0.1) is 0 Å². The average Bonchev–Trinajstić information content (AvgIpc) is 3.06. The lowest BCUT2D eigenvalue weighted by molar-refractivity contribution is -0.254. The van der Waals surface area contributed by atoms with Gasteiger partial charge >= 0.3 is 0 Å². The molecule has 0 saturated heterocycles. The molecule has 5 rings (SSSR count). The summed E-state index contributed by atoms with van der Waals surface area (Å²) in [5.41, 5.74) is 4.65. The topological polar surface area (TPSA) is 107 Å². The maximum Gasteiger partial charge on any atom is 0.251 e. The number of nitrogens with zero attached hydrogens (tertiary/aromatic N) is 2. The summed E-state index contributed by atoms with van der Waals surface area (Å²) < 4.78 is 19.6. The zero-order chi connectivity index (χ0) is 33.5. The quantitative estimate of drug-likeness (QED) is 0.0874. The van der Waals surface area contributed by atoms with Gasteiger partial charge in [-0.05, 0) is 60.0 Å². The van der Waals surface area contributed by atoms with Crippen molar-refractivity contribution in [2.24, 2.45) is 0 Å². The first-order chi connectivity index (χ1) is 22.7. The molecule has 244 valence electrons. The molecule has 1 aliphatic heterocycles. The second kappa shape index (κ2) is 15.2. The third-order valence-electron chi connectivity index (χ3n) is 7.83. The number of hydrogen-bond acceptors (Lipinski definition) is 7. The van der Waals surface area contributed by atoms with Crippen LogP contribution in [0.5, 0.6) is 5.75 Å². The van der Waals surface area contributed by atoms with Crippen molar-refractivity contribution in [1.82, 2.24) is 9.89 Å². The zero-order valence-electron chi connectivity index (χ0n) is 27.0. The zero-order valence-corrected chi connectivity index (χ0v) is 27.7. The molecule has 0 bridgehead atoms. The molecule has 3 aromatic rings. The van der Waals surface area contributed by atoms with Crippen LogP contribution < -0.4 is 30.0 Å². The minimum Gasteiger partial charge on any atom is -0.545 e. The SMILES string of the molecule is CN(C)c1ccc2c(-c3ccc(C(=O)NCCOCCOc4ccc(CCCl)cc4)cc3C(=O)[O-])c3ccc(=[N+](C)C)cc-3oc2c1. The van der Waals surface area contributed by atoms with Crippen molar-refractivity contribution in [3.63, 3.8) is 0 Å². The highest BCUT2D eigenvalue weighted by atomic mass is 35.5. The standard InChI is InChI=1S/C37H38ClN3O6/c1-40(2)26-8-13-30-33(22-26)47-34-23-27(41(3)4)9-14-31(34)35(30)29-12-7-25(21-32(29)37(43)44)36(42)39-17-18-45-19-20-46-28-10-5-24(6-11-28)15-16-38/h5-14,21-23H,15-20H2,1-4H3,(H-,39,42,43,44). The second-order valence-corrected chi connectivity index (χ2v) is 11.9. The van der Waals surface area contributed by atoms with Gasteiger partial charge in [-0.3, -0.25) is 4.79 Å². The monoisotopic (exact) mass is 655 g/mol. The van der Waals surface area contributed by atoms with Gasteiger partial charge in [-0.15, -0.1) is 11.6 Å². The maximum atomic E-state index is 13.0. The first kappa shape index (κ1) is 33.5. The number of aryl methyl sites for hydroxylation is 1. The largest absolute Gasteiger partial charge is 0.545 e. The molecule has 1 heterocycles. The Balaban J connectivity index is 1.32. The number of rotatable bonds is 13. The van der Waals surface area contributed by atoms with E-state index in [9.17, 15) is 14.7 Å². The number of carboxylic acid groups (broad SMARTS) is 1. The van der Waals surface area contributed by atoms with Gasteiger partial charge in [-0.2, -0.15) is 0 Å². The summed E-state index contributed by atoms with van der Waals surface area (Å²) in [5, 5.41) is 17.0. The number of halogens is 1. The number of anilines is 1. The number of carboxylic acids is 1. The fourth-order valence-electron chi connectivity index (χ4n) is 5.31. The molecule has 9 nitrogen and oxygen atoms in total. The minimum atomic E-state index is -1.39. The maximum absolute atomic E-state index is 13.0. The van der Waals surface area contributed by atoms with Gasteiger partial charge in [0.2, 0.25) is 5.36 Å². The van der Waals surface area contributed by atoms with Gasteiger partial charge in [-0.25, -0.2) is 4.58 Å². The molecular weight excluding hydrogens is 618 g/mol. The molecular formula is C37H38ClN3O6. The van der Waals surface area contributed by atoms with Crippen LogP contribution in [0.1, 0.15) is 26.3 Å². The first-order valence-electron chi connectivity index (χ1n) is 15.3. The van der Waals surface area contributed by atoms with Crippen molar-refractivity contribution in [3.05, 3.63) is 101 Å². The van der Waals surface area contributed by atoms with Crippen LogP contribution in [-0.2, 0) is 11.2 Å². The lowest BCUT2D eigenvalue weighted by Gasteiger charge is -2.20. The Kier molecular flexibility index (Phi) is 10.8. The molecule has 0 spiro atoms. The number of carbonyl (C=O) groups excluding carboxylic acids is 2. The highest BCUT2D eigenvalue weighted by molar-refractivity contribution is 6.18. The Morgan fingerprint density at radius 1 is 0.915 bits per heavy atom. The van der Waals surface area contributed by atoms with E-state index in [-0.39, 0.29) is 24.3 Å². The number of fused-ring (bicyclic) bond motifs is 2.